The van der Waals surface area contributed by atoms with Gasteiger partial charge < -0.3 is 10.6 Å². The Balaban J connectivity index is 2.20. The molecule has 2 aromatic carbocycles. The Morgan fingerprint density at radius 3 is 2.62 bits per heavy atom. The summed E-state index contributed by atoms with van der Waals surface area (Å²) in [5.74, 6) is -0.810. The van der Waals surface area contributed by atoms with E-state index in [0.717, 1.165) is 6.42 Å². The smallest absolute Gasteiger partial charge is 0.273 e. The number of carbonyl (C=O) groups is 2. The molecule has 0 aliphatic rings. The summed E-state index contributed by atoms with van der Waals surface area (Å²) in [6.45, 7) is 2.43. The molecule has 0 saturated heterocycles. The number of nitro benzene ring substituents is 1. The number of rotatable bonds is 7. The third-order valence-corrected chi connectivity index (χ3v) is 3.81. The number of carbonyl (C=O) groups excluding carboxylic acids is 2. The van der Waals surface area contributed by atoms with Crippen LogP contribution in [0.2, 0.25) is 5.02 Å². The lowest BCUT2D eigenvalue weighted by molar-refractivity contribution is -0.385. The fourth-order valence-corrected chi connectivity index (χ4v) is 2.53. The second-order valence-electron chi connectivity index (χ2n) is 5.56. The number of halogens is 1. The fraction of sp³-hybridized carbons (Fsp3) is 0.222. The van der Waals surface area contributed by atoms with Crippen molar-refractivity contribution in [1.29, 1.82) is 0 Å². The molecule has 0 fully saturated rings. The Hall–Kier alpha value is -2.93. The van der Waals surface area contributed by atoms with Crippen molar-refractivity contribution in [3.05, 3.63) is 68.7 Å². The number of nitro groups is 1. The van der Waals surface area contributed by atoms with Crippen LogP contribution < -0.4 is 10.6 Å². The van der Waals surface area contributed by atoms with Crippen LogP contribution in [-0.2, 0) is 11.2 Å². The van der Waals surface area contributed by atoms with Gasteiger partial charge >= 0.3 is 0 Å². The number of hydrogen-bond donors (Lipinski definition) is 2. The second kappa shape index (κ2) is 8.96. The van der Waals surface area contributed by atoms with Gasteiger partial charge in [0.15, 0.2) is 0 Å². The molecule has 7 nitrogen and oxygen atoms in total. The molecule has 0 aliphatic heterocycles. The monoisotopic (exact) mass is 375 g/mol. The minimum atomic E-state index is -0.536. The van der Waals surface area contributed by atoms with Crippen LogP contribution in [0.25, 0.3) is 0 Å². The van der Waals surface area contributed by atoms with E-state index in [1.54, 1.807) is 12.1 Å². The van der Waals surface area contributed by atoms with Gasteiger partial charge in [-0.3, -0.25) is 19.7 Å². The maximum atomic E-state index is 12.3. The molecule has 2 aromatic rings. The van der Waals surface area contributed by atoms with E-state index in [9.17, 15) is 19.7 Å². The van der Waals surface area contributed by atoms with E-state index < -0.39 is 10.8 Å². The zero-order valence-corrected chi connectivity index (χ0v) is 14.9. The average molecular weight is 376 g/mol. The van der Waals surface area contributed by atoms with E-state index in [-0.39, 0.29) is 34.8 Å². The summed E-state index contributed by atoms with van der Waals surface area (Å²) < 4.78 is 0. The van der Waals surface area contributed by atoms with Crippen LogP contribution in [0.15, 0.2) is 42.5 Å². The highest BCUT2D eigenvalue weighted by molar-refractivity contribution is 6.31. The molecule has 0 bridgehead atoms. The quantitative estimate of drug-likeness (QED) is 0.570. The molecule has 0 aromatic heterocycles. The summed E-state index contributed by atoms with van der Waals surface area (Å²) >= 11 is 5.96. The molecule has 0 heterocycles. The van der Waals surface area contributed by atoms with Gasteiger partial charge in [0.25, 0.3) is 11.6 Å². The van der Waals surface area contributed by atoms with E-state index in [0.29, 0.717) is 11.6 Å². The third-order valence-electron chi connectivity index (χ3n) is 3.58. The molecular weight excluding hydrogens is 358 g/mol. The predicted molar refractivity (Wildman–Crippen MR) is 99.5 cm³/mol. The molecule has 0 atom stereocenters. The van der Waals surface area contributed by atoms with Gasteiger partial charge in [0.1, 0.15) is 0 Å². The first kappa shape index (κ1) is 19.4. The molecule has 0 saturated carbocycles. The van der Waals surface area contributed by atoms with Crippen LogP contribution in [0.4, 0.5) is 11.4 Å². The highest BCUT2D eigenvalue weighted by Crippen LogP contribution is 2.23. The van der Waals surface area contributed by atoms with E-state index in [1.165, 1.54) is 30.3 Å². The van der Waals surface area contributed by atoms with Crippen molar-refractivity contribution in [2.75, 3.05) is 11.9 Å². The Kier molecular flexibility index (Phi) is 6.68. The van der Waals surface area contributed by atoms with Crippen LogP contribution in [-0.4, -0.2) is 23.3 Å². The van der Waals surface area contributed by atoms with Crippen LogP contribution in [0, 0.1) is 10.1 Å². The number of benzene rings is 2. The SMILES string of the molecule is CCCNC(=O)c1ccc(Cl)cc1NC(=O)Cc1ccccc1[N+](=O)[O-]. The minimum Gasteiger partial charge on any atom is -0.352 e. The molecule has 136 valence electrons. The molecular formula is C18H18ClN3O4. The van der Waals surface area contributed by atoms with Crippen molar-refractivity contribution >= 4 is 34.8 Å². The van der Waals surface area contributed by atoms with E-state index in [1.807, 2.05) is 6.92 Å². The highest BCUT2D eigenvalue weighted by Gasteiger charge is 2.18. The van der Waals surface area contributed by atoms with Crippen molar-refractivity contribution in [3.63, 3.8) is 0 Å². The molecule has 0 aliphatic carbocycles. The van der Waals surface area contributed by atoms with Gasteiger partial charge in [-0.25, -0.2) is 0 Å². The molecule has 0 unspecified atom stereocenters. The highest BCUT2D eigenvalue weighted by atomic mass is 35.5. The molecule has 26 heavy (non-hydrogen) atoms. The lowest BCUT2D eigenvalue weighted by atomic mass is 10.1. The van der Waals surface area contributed by atoms with Gasteiger partial charge in [-0.15, -0.1) is 0 Å². The zero-order chi connectivity index (χ0) is 19.1. The van der Waals surface area contributed by atoms with Gasteiger partial charge in [0, 0.05) is 23.2 Å². The van der Waals surface area contributed by atoms with E-state index >= 15 is 0 Å². The molecule has 0 spiro atoms. The molecule has 2 amide bonds. The lowest BCUT2D eigenvalue weighted by Crippen LogP contribution is -2.26. The number of nitrogens with one attached hydrogen (secondary N) is 2. The Morgan fingerprint density at radius 2 is 1.92 bits per heavy atom. The normalized spacial score (nSPS) is 10.2. The first-order valence-electron chi connectivity index (χ1n) is 8.02. The lowest BCUT2D eigenvalue weighted by Gasteiger charge is -2.12. The van der Waals surface area contributed by atoms with Crippen molar-refractivity contribution in [1.82, 2.24) is 5.32 Å². The summed E-state index contributed by atoms with van der Waals surface area (Å²) in [4.78, 5) is 35.1. The van der Waals surface area contributed by atoms with Gasteiger partial charge in [-0.2, -0.15) is 0 Å². The van der Waals surface area contributed by atoms with Crippen LogP contribution in [0.3, 0.4) is 0 Å². The minimum absolute atomic E-state index is 0.130. The predicted octanol–water partition coefficient (Wildman–Crippen LogP) is 3.57. The molecule has 2 rings (SSSR count). The Labute approximate surface area is 155 Å². The van der Waals surface area contributed by atoms with Crippen molar-refractivity contribution in [2.45, 2.75) is 19.8 Å². The molecule has 8 heteroatoms. The molecule has 2 N–H and O–H groups in total. The van der Waals surface area contributed by atoms with E-state index in [4.69, 9.17) is 11.6 Å². The largest absolute Gasteiger partial charge is 0.352 e. The van der Waals surface area contributed by atoms with Gasteiger partial charge in [0.2, 0.25) is 5.91 Å². The summed E-state index contributed by atoms with van der Waals surface area (Å²) in [6, 6.07) is 10.6. The summed E-state index contributed by atoms with van der Waals surface area (Å²) in [7, 11) is 0. The maximum absolute atomic E-state index is 12.3. The fourth-order valence-electron chi connectivity index (χ4n) is 2.36. The van der Waals surface area contributed by atoms with Crippen LogP contribution in [0.5, 0.6) is 0 Å². The Bertz CT molecular complexity index is 839. The Morgan fingerprint density at radius 1 is 1.19 bits per heavy atom. The maximum Gasteiger partial charge on any atom is 0.273 e. The topological polar surface area (TPSA) is 101 Å². The first-order chi connectivity index (χ1) is 12.4. The number of amides is 2. The van der Waals surface area contributed by atoms with Gasteiger partial charge in [-0.05, 0) is 24.6 Å². The van der Waals surface area contributed by atoms with E-state index in [2.05, 4.69) is 10.6 Å². The number of para-hydroxylation sites is 1. The standard InChI is InChI=1S/C18H18ClN3O4/c1-2-9-20-18(24)14-8-7-13(19)11-15(14)21-17(23)10-12-5-3-4-6-16(12)22(25)26/h3-8,11H,2,9-10H2,1H3,(H,20,24)(H,21,23). The number of hydrogen-bond acceptors (Lipinski definition) is 4. The van der Waals surface area contributed by atoms with Gasteiger partial charge in [-0.1, -0.05) is 36.7 Å². The van der Waals surface area contributed by atoms with Crippen LogP contribution >= 0.6 is 11.6 Å². The van der Waals surface area contributed by atoms with Crippen molar-refractivity contribution in [3.8, 4) is 0 Å². The van der Waals surface area contributed by atoms with Crippen molar-refractivity contribution in [2.24, 2.45) is 0 Å². The molecule has 0 radical (unpaired) electrons. The number of anilines is 1. The number of nitrogens with zero attached hydrogens (tertiary/aromatic N) is 1. The average Bonchev–Trinajstić information content (AvgIpc) is 2.60. The first-order valence-corrected chi connectivity index (χ1v) is 8.40. The van der Waals surface area contributed by atoms with Crippen LogP contribution in [0.1, 0.15) is 29.3 Å². The summed E-state index contributed by atoms with van der Waals surface area (Å²) in [6.07, 6.45) is 0.582. The summed E-state index contributed by atoms with van der Waals surface area (Å²) in [5.41, 5.74) is 0.692. The second-order valence-corrected chi connectivity index (χ2v) is 5.99. The van der Waals surface area contributed by atoms with Crippen molar-refractivity contribution < 1.29 is 14.5 Å². The summed E-state index contributed by atoms with van der Waals surface area (Å²) in [5, 5.41) is 16.8. The van der Waals surface area contributed by atoms with Gasteiger partial charge in [0.05, 0.1) is 22.6 Å². The zero-order valence-electron chi connectivity index (χ0n) is 14.1. The third kappa shape index (κ3) is 5.03.